The molecule has 16 heavy (non-hydrogen) atoms. The van der Waals surface area contributed by atoms with Crippen LogP contribution in [-0.4, -0.2) is 15.0 Å². The summed E-state index contributed by atoms with van der Waals surface area (Å²) in [5.74, 6) is 4.41. The van der Waals surface area contributed by atoms with Crippen molar-refractivity contribution in [3.05, 3.63) is 29.6 Å². The maximum absolute atomic E-state index is 13.3. The first-order chi connectivity index (χ1) is 7.42. The molecule has 1 rings (SSSR count). The highest BCUT2D eigenvalue weighted by Crippen LogP contribution is 2.15. The van der Waals surface area contributed by atoms with Crippen LogP contribution in [0.2, 0.25) is 0 Å². The number of hydrogen-bond acceptors (Lipinski definition) is 3. The fourth-order valence-electron chi connectivity index (χ4n) is 0.982. The predicted octanol–water partition coefficient (Wildman–Crippen LogP) is -0.249. The van der Waals surface area contributed by atoms with Crippen molar-refractivity contribution < 1.29 is 12.8 Å². The molecule has 0 fully saturated rings. The SMILES string of the molecule is NCC#Cc1ccc(NS(N)(=O)=O)c(F)c1. The lowest BCUT2D eigenvalue weighted by Gasteiger charge is -2.04. The van der Waals surface area contributed by atoms with Crippen molar-refractivity contribution >= 4 is 15.9 Å². The first-order valence-electron chi connectivity index (χ1n) is 4.21. The van der Waals surface area contributed by atoms with Crippen molar-refractivity contribution in [2.24, 2.45) is 10.9 Å². The summed E-state index contributed by atoms with van der Waals surface area (Å²) in [7, 11) is -3.98. The van der Waals surface area contributed by atoms with E-state index in [0.717, 1.165) is 6.07 Å². The molecule has 86 valence electrons. The van der Waals surface area contributed by atoms with Gasteiger partial charge in [-0.05, 0) is 18.2 Å². The quantitative estimate of drug-likeness (QED) is 0.625. The van der Waals surface area contributed by atoms with Gasteiger partial charge in [-0.2, -0.15) is 8.42 Å². The van der Waals surface area contributed by atoms with Gasteiger partial charge in [0.2, 0.25) is 0 Å². The highest BCUT2D eigenvalue weighted by atomic mass is 32.2. The van der Waals surface area contributed by atoms with Crippen LogP contribution in [0.4, 0.5) is 10.1 Å². The summed E-state index contributed by atoms with van der Waals surface area (Å²) in [5, 5.41) is 4.70. The van der Waals surface area contributed by atoms with E-state index in [4.69, 9.17) is 10.9 Å². The van der Waals surface area contributed by atoms with Crippen LogP contribution in [0.1, 0.15) is 5.56 Å². The number of hydrogen-bond donors (Lipinski definition) is 3. The standard InChI is InChI=1S/C9H10FN3O2S/c10-8-6-7(2-1-5-11)3-4-9(8)13-16(12,14)15/h3-4,6,13H,5,11H2,(H2,12,14,15). The molecule has 0 spiro atoms. The lowest BCUT2D eigenvalue weighted by atomic mass is 10.2. The Kier molecular flexibility index (Phi) is 3.84. The van der Waals surface area contributed by atoms with Crippen LogP contribution in [0.25, 0.3) is 0 Å². The van der Waals surface area contributed by atoms with Gasteiger partial charge in [0.05, 0.1) is 12.2 Å². The van der Waals surface area contributed by atoms with Gasteiger partial charge in [0.15, 0.2) is 0 Å². The van der Waals surface area contributed by atoms with E-state index in [0.29, 0.717) is 5.56 Å². The Bertz CT molecular complexity index is 546. The molecule has 0 atom stereocenters. The lowest BCUT2D eigenvalue weighted by molar-refractivity contribution is 0.600. The molecule has 0 heterocycles. The number of nitrogens with two attached hydrogens (primary N) is 2. The average Bonchev–Trinajstić information content (AvgIpc) is 2.17. The molecule has 0 aliphatic carbocycles. The Morgan fingerprint density at radius 3 is 2.62 bits per heavy atom. The van der Waals surface area contributed by atoms with Crippen molar-refractivity contribution in [2.45, 2.75) is 0 Å². The smallest absolute Gasteiger partial charge is 0.296 e. The monoisotopic (exact) mass is 243 g/mol. The van der Waals surface area contributed by atoms with Gasteiger partial charge in [0.1, 0.15) is 5.82 Å². The fourth-order valence-corrected chi connectivity index (χ4v) is 1.45. The fraction of sp³-hybridized carbons (Fsp3) is 0.111. The summed E-state index contributed by atoms with van der Waals surface area (Å²) >= 11 is 0. The van der Waals surface area contributed by atoms with E-state index in [9.17, 15) is 12.8 Å². The predicted molar refractivity (Wildman–Crippen MR) is 59.1 cm³/mol. The first kappa shape index (κ1) is 12.4. The topological polar surface area (TPSA) is 98.2 Å². The number of halogens is 1. The molecular weight excluding hydrogens is 233 g/mol. The molecule has 7 heteroatoms. The highest BCUT2D eigenvalue weighted by Gasteiger charge is 2.07. The summed E-state index contributed by atoms with van der Waals surface area (Å²) < 4.78 is 36.5. The number of anilines is 1. The Morgan fingerprint density at radius 1 is 1.44 bits per heavy atom. The van der Waals surface area contributed by atoms with Crippen LogP contribution in [-0.2, 0) is 10.2 Å². The van der Waals surface area contributed by atoms with Gasteiger partial charge in [0.25, 0.3) is 10.2 Å². The van der Waals surface area contributed by atoms with Crippen molar-refractivity contribution in [3.63, 3.8) is 0 Å². The molecule has 5 nitrogen and oxygen atoms in total. The third-order valence-electron chi connectivity index (χ3n) is 1.56. The molecule has 0 amide bonds. The van der Waals surface area contributed by atoms with Crippen LogP contribution in [0, 0.1) is 17.7 Å². The zero-order chi connectivity index (χ0) is 12.2. The molecule has 0 bridgehead atoms. The van der Waals surface area contributed by atoms with Gasteiger partial charge in [0, 0.05) is 5.56 Å². The number of rotatable bonds is 2. The maximum Gasteiger partial charge on any atom is 0.296 e. The first-order valence-corrected chi connectivity index (χ1v) is 5.76. The van der Waals surface area contributed by atoms with Crippen molar-refractivity contribution in [1.82, 2.24) is 0 Å². The minimum Gasteiger partial charge on any atom is -0.320 e. The minimum atomic E-state index is -3.98. The second-order valence-electron chi connectivity index (χ2n) is 2.85. The van der Waals surface area contributed by atoms with E-state index in [1.807, 2.05) is 4.72 Å². The third-order valence-corrected chi connectivity index (χ3v) is 2.06. The van der Waals surface area contributed by atoms with E-state index in [1.54, 1.807) is 0 Å². The maximum atomic E-state index is 13.3. The Morgan fingerprint density at radius 2 is 2.12 bits per heavy atom. The third kappa shape index (κ3) is 3.86. The van der Waals surface area contributed by atoms with Crippen LogP contribution in [0.15, 0.2) is 18.2 Å². The van der Waals surface area contributed by atoms with Crippen LogP contribution < -0.4 is 15.6 Å². The van der Waals surface area contributed by atoms with Gasteiger partial charge in [-0.3, -0.25) is 4.72 Å². The Hall–Kier alpha value is -1.62. The van der Waals surface area contributed by atoms with E-state index >= 15 is 0 Å². The summed E-state index contributed by atoms with van der Waals surface area (Å²) in [4.78, 5) is 0. The largest absolute Gasteiger partial charge is 0.320 e. The van der Waals surface area contributed by atoms with Crippen molar-refractivity contribution in [1.29, 1.82) is 0 Å². The molecule has 0 saturated carbocycles. The van der Waals surface area contributed by atoms with E-state index < -0.39 is 16.0 Å². The van der Waals surface area contributed by atoms with Crippen molar-refractivity contribution in [3.8, 4) is 11.8 Å². The molecule has 0 unspecified atom stereocenters. The molecule has 5 N–H and O–H groups in total. The molecular formula is C9H10FN3O2S. The molecule has 1 aromatic rings. The summed E-state index contributed by atoms with van der Waals surface area (Å²) in [6.07, 6.45) is 0. The van der Waals surface area contributed by atoms with Crippen LogP contribution in [0.3, 0.4) is 0 Å². The number of nitrogens with one attached hydrogen (secondary N) is 1. The molecule has 0 aliphatic heterocycles. The Labute approximate surface area is 92.8 Å². The molecule has 0 saturated heterocycles. The second-order valence-corrected chi connectivity index (χ2v) is 4.14. The Balaban J connectivity index is 3.01. The van der Waals surface area contributed by atoms with Crippen molar-refractivity contribution in [2.75, 3.05) is 11.3 Å². The molecule has 1 aromatic carbocycles. The second kappa shape index (κ2) is 4.94. The molecule has 0 aromatic heterocycles. The average molecular weight is 243 g/mol. The summed E-state index contributed by atoms with van der Waals surface area (Å²) in [5.41, 5.74) is 5.34. The van der Waals surface area contributed by atoms with Gasteiger partial charge in [-0.25, -0.2) is 9.53 Å². The normalized spacial score (nSPS) is 10.4. The molecule has 0 aliphatic rings. The van der Waals surface area contributed by atoms with Gasteiger partial charge < -0.3 is 5.73 Å². The summed E-state index contributed by atoms with van der Waals surface area (Å²) in [6, 6.07) is 3.79. The van der Waals surface area contributed by atoms with Gasteiger partial charge in [-0.15, -0.1) is 0 Å². The van der Waals surface area contributed by atoms with Gasteiger partial charge in [-0.1, -0.05) is 11.8 Å². The lowest BCUT2D eigenvalue weighted by Crippen LogP contribution is -2.22. The van der Waals surface area contributed by atoms with E-state index in [-0.39, 0.29) is 12.2 Å². The van der Waals surface area contributed by atoms with Gasteiger partial charge >= 0.3 is 0 Å². The van der Waals surface area contributed by atoms with E-state index in [1.165, 1.54) is 12.1 Å². The van der Waals surface area contributed by atoms with Crippen LogP contribution in [0.5, 0.6) is 0 Å². The summed E-state index contributed by atoms with van der Waals surface area (Å²) in [6.45, 7) is 0.165. The number of benzene rings is 1. The zero-order valence-corrected chi connectivity index (χ0v) is 9.01. The van der Waals surface area contributed by atoms with E-state index in [2.05, 4.69) is 11.8 Å². The van der Waals surface area contributed by atoms with Crippen LogP contribution >= 0.6 is 0 Å². The highest BCUT2D eigenvalue weighted by molar-refractivity contribution is 7.90. The molecule has 0 radical (unpaired) electrons. The zero-order valence-electron chi connectivity index (χ0n) is 8.20. The minimum absolute atomic E-state index is 0.165.